The van der Waals surface area contributed by atoms with Crippen molar-refractivity contribution in [3.63, 3.8) is 0 Å². The van der Waals surface area contributed by atoms with E-state index in [4.69, 9.17) is 0 Å². The van der Waals surface area contributed by atoms with Gasteiger partial charge in [-0.05, 0) is 5.92 Å². The molecule has 0 radical (unpaired) electrons. The highest BCUT2D eigenvalue weighted by Crippen LogP contribution is 2.25. The molecule has 0 amide bonds. The van der Waals surface area contributed by atoms with Crippen molar-refractivity contribution in [1.82, 2.24) is 9.97 Å². The molecule has 0 saturated carbocycles. The predicted molar refractivity (Wildman–Crippen MR) is 65.6 cm³/mol. The molecule has 0 spiro atoms. The lowest BCUT2D eigenvalue weighted by molar-refractivity contribution is 0.885. The molecule has 2 aromatic rings. The van der Waals surface area contributed by atoms with Gasteiger partial charge in [-0.1, -0.05) is 13.8 Å². The maximum atomic E-state index is 4.32. The third-order valence-electron chi connectivity index (χ3n) is 2.00. The number of hydrogen-bond donors (Lipinski definition) is 1. The van der Waals surface area contributed by atoms with Crippen molar-refractivity contribution in [2.45, 2.75) is 26.3 Å². The molecule has 0 aromatic carbocycles. The minimum Gasteiger partial charge on any atom is -0.356 e. The molecule has 2 aromatic heterocycles. The van der Waals surface area contributed by atoms with Gasteiger partial charge >= 0.3 is 0 Å². The van der Waals surface area contributed by atoms with Crippen molar-refractivity contribution in [3.8, 4) is 0 Å². The Morgan fingerprint density at radius 2 is 2.27 bits per heavy atom. The van der Waals surface area contributed by atoms with Gasteiger partial charge in [0.15, 0.2) is 5.13 Å². The van der Waals surface area contributed by atoms with Crippen LogP contribution in [-0.2, 0) is 6.54 Å². The molecule has 0 atom stereocenters. The van der Waals surface area contributed by atoms with Gasteiger partial charge in [0.2, 0.25) is 0 Å². The SMILES string of the molecule is CC(C)c1cnc(NCc2cscn2)s1. The lowest BCUT2D eigenvalue weighted by Gasteiger charge is -1.99. The number of nitrogens with zero attached hydrogens (tertiary/aromatic N) is 2. The highest BCUT2D eigenvalue weighted by Gasteiger charge is 2.05. The number of aromatic nitrogens is 2. The molecule has 0 saturated heterocycles. The molecule has 0 fully saturated rings. The van der Waals surface area contributed by atoms with Crippen molar-refractivity contribution in [2.24, 2.45) is 0 Å². The Kier molecular flexibility index (Phi) is 3.33. The van der Waals surface area contributed by atoms with Crippen LogP contribution in [0.4, 0.5) is 5.13 Å². The molecule has 0 bridgehead atoms. The molecule has 15 heavy (non-hydrogen) atoms. The minimum absolute atomic E-state index is 0.553. The zero-order valence-electron chi connectivity index (χ0n) is 8.73. The van der Waals surface area contributed by atoms with E-state index in [1.54, 1.807) is 22.7 Å². The number of hydrogen-bond acceptors (Lipinski definition) is 5. The molecule has 2 rings (SSSR count). The Hall–Kier alpha value is -0.940. The molecule has 5 heteroatoms. The highest BCUT2D eigenvalue weighted by atomic mass is 32.1. The zero-order chi connectivity index (χ0) is 10.7. The Morgan fingerprint density at radius 1 is 1.40 bits per heavy atom. The van der Waals surface area contributed by atoms with Crippen LogP contribution in [0.3, 0.4) is 0 Å². The van der Waals surface area contributed by atoms with E-state index >= 15 is 0 Å². The van der Waals surface area contributed by atoms with E-state index < -0.39 is 0 Å². The monoisotopic (exact) mass is 239 g/mol. The third kappa shape index (κ3) is 2.76. The van der Waals surface area contributed by atoms with Crippen LogP contribution in [0.25, 0.3) is 0 Å². The quantitative estimate of drug-likeness (QED) is 0.889. The number of nitrogens with one attached hydrogen (secondary N) is 1. The summed E-state index contributed by atoms with van der Waals surface area (Å²) in [6.07, 6.45) is 1.94. The van der Waals surface area contributed by atoms with E-state index in [2.05, 4.69) is 29.1 Å². The first-order valence-corrected chi connectivity index (χ1v) is 6.58. The fourth-order valence-corrected chi connectivity index (χ4v) is 2.50. The van der Waals surface area contributed by atoms with Crippen LogP contribution in [0.15, 0.2) is 17.1 Å². The van der Waals surface area contributed by atoms with Crippen LogP contribution in [0, 0.1) is 0 Å². The first-order valence-electron chi connectivity index (χ1n) is 4.82. The predicted octanol–water partition coefficient (Wildman–Crippen LogP) is 3.34. The van der Waals surface area contributed by atoms with E-state index in [1.807, 2.05) is 17.1 Å². The third-order valence-corrected chi connectivity index (χ3v) is 3.89. The normalized spacial score (nSPS) is 10.9. The summed E-state index contributed by atoms with van der Waals surface area (Å²) in [5.74, 6) is 0.553. The average molecular weight is 239 g/mol. The summed E-state index contributed by atoms with van der Waals surface area (Å²) >= 11 is 3.33. The van der Waals surface area contributed by atoms with Crippen LogP contribution in [-0.4, -0.2) is 9.97 Å². The summed E-state index contributed by atoms with van der Waals surface area (Å²) in [6, 6.07) is 0. The maximum Gasteiger partial charge on any atom is 0.183 e. The minimum atomic E-state index is 0.553. The van der Waals surface area contributed by atoms with Crippen molar-refractivity contribution < 1.29 is 0 Å². The maximum absolute atomic E-state index is 4.32. The van der Waals surface area contributed by atoms with Gasteiger partial charge in [-0.25, -0.2) is 9.97 Å². The van der Waals surface area contributed by atoms with Gasteiger partial charge in [0, 0.05) is 16.5 Å². The number of anilines is 1. The first-order chi connectivity index (χ1) is 7.25. The van der Waals surface area contributed by atoms with Crippen molar-refractivity contribution in [2.75, 3.05) is 5.32 Å². The van der Waals surface area contributed by atoms with Crippen LogP contribution >= 0.6 is 22.7 Å². The summed E-state index contributed by atoms with van der Waals surface area (Å²) in [5, 5.41) is 6.30. The molecule has 80 valence electrons. The number of rotatable bonds is 4. The molecule has 1 N–H and O–H groups in total. The van der Waals surface area contributed by atoms with Gasteiger partial charge in [-0.3, -0.25) is 0 Å². The second-order valence-corrected chi connectivity index (χ2v) is 5.34. The zero-order valence-corrected chi connectivity index (χ0v) is 10.4. The Labute approximate surface area is 97.2 Å². The van der Waals surface area contributed by atoms with E-state index in [9.17, 15) is 0 Å². The Morgan fingerprint density at radius 3 is 2.87 bits per heavy atom. The van der Waals surface area contributed by atoms with Gasteiger partial charge in [0.1, 0.15) is 0 Å². The molecule has 0 aliphatic heterocycles. The summed E-state index contributed by atoms with van der Waals surface area (Å²) in [6.45, 7) is 5.12. The van der Waals surface area contributed by atoms with Crippen LogP contribution in [0.2, 0.25) is 0 Å². The largest absolute Gasteiger partial charge is 0.356 e. The average Bonchev–Trinajstić information content (AvgIpc) is 2.86. The second-order valence-electron chi connectivity index (χ2n) is 3.56. The lowest BCUT2D eigenvalue weighted by atomic mass is 10.2. The molecule has 3 nitrogen and oxygen atoms in total. The van der Waals surface area contributed by atoms with E-state index in [0.29, 0.717) is 5.92 Å². The first kappa shape index (κ1) is 10.6. The number of thiazole rings is 2. The van der Waals surface area contributed by atoms with Crippen LogP contribution in [0.1, 0.15) is 30.3 Å². The van der Waals surface area contributed by atoms with Gasteiger partial charge in [-0.15, -0.1) is 22.7 Å². The smallest absolute Gasteiger partial charge is 0.183 e. The van der Waals surface area contributed by atoms with Gasteiger partial charge in [0.05, 0.1) is 17.7 Å². The summed E-state index contributed by atoms with van der Waals surface area (Å²) in [5.41, 5.74) is 2.92. The highest BCUT2D eigenvalue weighted by molar-refractivity contribution is 7.15. The summed E-state index contributed by atoms with van der Waals surface area (Å²) in [7, 11) is 0. The topological polar surface area (TPSA) is 37.8 Å². The molecule has 0 aliphatic rings. The molecular formula is C10H13N3S2. The lowest BCUT2D eigenvalue weighted by Crippen LogP contribution is -1.98. The van der Waals surface area contributed by atoms with Crippen LogP contribution in [0.5, 0.6) is 0 Å². The summed E-state index contributed by atoms with van der Waals surface area (Å²) < 4.78 is 0. The van der Waals surface area contributed by atoms with E-state index in [1.165, 1.54) is 4.88 Å². The van der Waals surface area contributed by atoms with Gasteiger partial charge < -0.3 is 5.32 Å². The van der Waals surface area contributed by atoms with E-state index in [-0.39, 0.29) is 0 Å². The van der Waals surface area contributed by atoms with Crippen molar-refractivity contribution in [1.29, 1.82) is 0 Å². The fourth-order valence-electron chi connectivity index (χ4n) is 1.13. The molecule has 0 aliphatic carbocycles. The Bertz CT molecular complexity index is 406. The Balaban J connectivity index is 1.94. The van der Waals surface area contributed by atoms with Crippen molar-refractivity contribution >= 4 is 27.8 Å². The summed E-state index contributed by atoms with van der Waals surface area (Å²) in [4.78, 5) is 9.84. The van der Waals surface area contributed by atoms with Gasteiger partial charge in [0.25, 0.3) is 0 Å². The van der Waals surface area contributed by atoms with Crippen molar-refractivity contribution in [3.05, 3.63) is 27.7 Å². The van der Waals surface area contributed by atoms with Gasteiger partial charge in [-0.2, -0.15) is 0 Å². The fraction of sp³-hybridized carbons (Fsp3) is 0.400. The molecule has 0 unspecified atom stereocenters. The van der Waals surface area contributed by atoms with E-state index in [0.717, 1.165) is 17.4 Å². The standard InChI is InChI=1S/C10H13N3S2/c1-7(2)9-4-12-10(15-9)11-3-8-5-14-6-13-8/h4-7H,3H2,1-2H3,(H,11,12). The second kappa shape index (κ2) is 4.72. The molecular weight excluding hydrogens is 226 g/mol. The van der Waals surface area contributed by atoms with Crippen LogP contribution < -0.4 is 5.32 Å². The molecule has 2 heterocycles.